The molecule has 26 heavy (non-hydrogen) atoms. The van der Waals surface area contributed by atoms with E-state index in [1.807, 2.05) is 24.3 Å². The summed E-state index contributed by atoms with van der Waals surface area (Å²) in [4.78, 5) is 13.1. The predicted octanol–water partition coefficient (Wildman–Crippen LogP) is 6.45. The molecule has 0 heterocycles. The van der Waals surface area contributed by atoms with Crippen LogP contribution < -0.4 is 4.74 Å². The van der Waals surface area contributed by atoms with Gasteiger partial charge in [0, 0.05) is 5.56 Å². The number of halogens is 1. The normalized spacial score (nSPS) is 13.3. The summed E-state index contributed by atoms with van der Waals surface area (Å²) in [5.41, 5.74) is 1.31. The molecule has 2 unspecified atom stereocenters. The molecule has 2 aromatic rings. The maximum atomic E-state index is 13.1. The van der Waals surface area contributed by atoms with Gasteiger partial charge in [-0.3, -0.25) is 9.36 Å². The lowest BCUT2D eigenvalue weighted by Gasteiger charge is -2.19. The van der Waals surface area contributed by atoms with Gasteiger partial charge in [0.05, 0.1) is 23.7 Å². The fourth-order valence-electron chi connectivity index (χ4n) is 3.00. The van der Waals surface area contributed by atoms with Crippen molar-refractivity contribution >= 4 is 25.8 Å². The van der Waals surface area contributed by atoms with Crippen molar-refractivity contribution < 1.29 is 14.1 Å². The SMILES string of the molecule is CCCCCC(Cl)C(P=O)c1ccccc1C(=O)c1ccccc1OC. The standard InChI is InChI=1S/C21H24ClO3P/c1-3-4-5-13-18(22)21(26-24)16-11-7-6-10-15(16)20(23)17-12-8-9-14-19(17)25-2/h6-12,14,18,21H,3-5,13H2,1-2H3. The summed E-state index contributed by atoms with van der Waals surface area (Å²) in [6.45, 7) is 2.13. The van der Waals surface area contributed by atoms with E-state index in [9.17, 15) is 9.36 Å². The molecule has 2 aromatic carbocycles. The zero-order valence-electron chi connectivity index (χ0n) is 15.2. The highest BCUT2D eigenvalue weighted by atomic mass is 35.5. The quantitative estimate of drug-likeness (QED) is 0.203. The molecule has 0 aromatic heterocycles. The Morgan fingerprint density at radius 2 is 1.73 bits per heavy atom. The number of unbranched alkanes of at least 4 members (excludes halogenated alkanes) is 2. The highest BCUT2D eigenvalue weighted by molar-refractivity contribution is 7.24. The Hall–Kier alpha value is -1.70. The Labute approximate surface area is 161 Å². The number of rotatable bonds is 10. The van der Waals surface area contributed by atoms with E-state index in [-0.39, 0.29) is 19.6 Å². The number of methoxy groups -OCH3 is 1. The molecule has 0 saturated carbocycles. The minimum absolute atomic E-state index is 0.0710. The first-order chi connectivity index (χ1) is 12.6. The number of ether oxygens (including phenoxy) is 1. The number of hydrogen-bond acceptors (Lipinski definition) is 3. The van der Waals surface area contributed by atoms with E-state index < -0.39 is 5.66 Å². The summed E-state index contributed by atoms with van der Waals surface area (Å²) in [5, 5.41) is -0.285. The van der Waals surface area contributed by atoms with Gasteiger partial charge in [-0.05, 0) is 24.1 Å². The van der Waals surface area contributed by atoms with Crippen molar-refractivity contribution in [2.24, 2.45) is 0 Å². The van der Waals surface area contributed by atoms with Gasteiger partial charge in [0.2, 0.25) is 0 Å². The van der Waals surface area contributed by atoms with Crippen LogP contribution in [0.4, 0.5) is 0 Å². The van der Waals surface area contributed by atoms with Crippen LogP contribution in [0.5, 0.6) is 5.75 Å². The number of ketones is 1. The Bertz CT molecular complexity index is 748. The van der Waals surface area contributed by atoms with Crippen molar-refractivity contribution in [3.05, 3.63) is 65.2 Å². The lowest BCUT2D eigenvalue weighted by atomic mass is 9.94. The zero-order valence-corrected chi connectivity index (χ0v) is 16.8. The fourth-order valence-corrected chi connectivity index (χ4v) is 4.05. The second-order valence-corrected chi connectivity index (χ2v) is 7.51. The van der Waals surface area contributed by atoms with E-state index in [1.165, 1.54) is 0 Å². The van der Waals surface area contributed by atoms with Crippen LogP contribution >= 0.6 is 20.1 Å². The third-order valence-corrected chi connectivity index (χ3v) is 5.93. The summed E-state index contributed by atoms with van der Waals surface area (Å²) in [6.07, 6.45) is 3.95. The van der Waals surface area contributed by atoms with Crippen molar-refractivity contribution in [3.63, 3.8) is 0 Å². The number of hydrogen-bond donors (Lipinski definition) is 0. The molecule has 0 spiro atoms. The summed E-state index contributed by atoms with van der Waals surface area (Å²) < 4.78 is 17.2. The molecule has 3 nitrogen and oxygen atoms in total. The van der Waals surface area contributed by atoms with Gasteiger partial charge in [-0.2, -0.15) is 0 Å². The Morgan fingerprint density at radius 1 is 1.08 bits per heavy atom. The molecule has 0 fully saturated rings. The molecule has 0 aliphatic carbocycles. The first-order valence-corrected chi connectivity index (χ1v) is 10.2. The van der Waals surface area contributed by atoms with Crippen molar-refractivity contribution in [2.75, 3.05) is 7.11 Å². The third kappa shape index (κ3) is 4.93. The van der Waals surface area contributed by atoms with Crippen LogP contribution in [0.25, 0.3) is 0 Å². The average Bonchev–Trinajstić information content (AvgIpc) is 2.68. The predicted molar refractivity (Wildman–Crippen MR) is 107 cm³/mol. The topological polar surface area (TPSA) is 43.4 Å². The van der Waals surface area contributed by atoms with E-state index in [1.54, 1.807) is 31.4 Å². The van der Waals surface area contributed by atoms with E-state index in [4.69, 9.17) is 16.3 Å². The Kier molecular flexibility index (Phi) is 8.28. The van der Waals surface area contributed by atoms with Crippen LogP contribution in [0.15, 0.2) is 48.5 Å². The van der Waals surface area contributed by atoms with Crippen LogP contribution in [-0.2, 0) is 4.57 Å². The smallest absolute Gasteiger partial charge is 0.197 e. The molecule has 0 saturated heterocycles. The van der Waals surface area contributed by atoms with Crippen LogP contribution in [0, 0.1) is 0 Å². The van der Waals surface area contributed by atoms with Gasteiger partial charge >= 0.3 is 0 Å². The number of carbonyl (C=O) groups excluding carboxylic acids is 1. The molecule has 0 radical (unpaired) electrons. The number of carbonyl (C=O) groups is 1. The maximum absolute atomic E-state index is 13.1. The lowest BCUT2D eigenvalue weighted by Crippen LogP contribution is -2.14. The minimum Gasteiger partial charge on any atom is -0.496 e. The molecule has 2 rings (SSSR count). The van der Waals surface area contributed by atoms with E-state index in [2.05, 4.69) is 6.92 Å². The Morgan fingerprint density at radius 3 is 2.38 bits per heavy atom. The van der Waals surface area contributed by atoms with Crippen LogP contribution in [0.1, 0.15) is 59.8 Å². The lowest BCUT2D eigenvalue weighted by molar-refractivity contribution is 0.103. The molecule has 0 bridgehead atoms. The van der Waals surface area contributed by atoms with Gasteiger partial charge in [0.1, 0.15) is 5.75 Å². The van der Waals surface area contributed by atoms with E-state index >= 15 is 0 Å². The van der Waals surface area contributed by atoms with E-state index in [0.717, 1.165) is 31.2 Å². The molecular formula is C21H24ClO3P. The third-order valence-electron chi connectivity index (χ3n) is 4.42. The summed E-state index contributed by atoms with van der Waals surface area (Å²) in [5.74, 6) is 0.373. The zero-order chi connectivity index (χ0) is 18.9. The second-order valence-electron chi connectivity index (χ2n) is 6.18. The fraction of sp³-hybridized carbons (Fsp3) is 0.381. The van der Waals surface area contributed by atoms with E-state index in [0.29, 0.717) is 16.9 Å². The number of benzene rings is 2. The highest BCUT2D eigenvalue weighted by Gasteiger charge is 2.27. The van der Waals surface area contributed by atoms with Crippen LogP contribution in [-0.4, -0.2) is 18.3 Å². The number of para-hydroxylation sites is 1. The summed E-state index contributed by atoms with van der Waals surface area (Å²) in [7, 11) is 1.47. The van der Waals surface area contributed by atoms with Crippen molar-refractivity contribution in [3.8, 4) is 5.75 Å². The molecule has 5 heteroatoms. The van der Waals surface area contributed by atoms with Gasteiger partial charge in [-0.15, -0.1) is 11.6 Å². The molecule has 0 amide bonds. The van der Waals surface area contributed by atoms with Crippen molar-refractivity contribution in [1.29, 1.82) is 0 Å². The van der Waals surface area contributed by atoms with Gasteiger partial charge in [-0.1, -0.05) is 62.6 Å². The van der Waals surface area contributed by atoms with Crippen LogP contribution in [0.2, 0.25) is 0 Å². The van der Waals surface area contributed by atoms with Crippen LogP contribution in [0.3, 0.4) is 0 Å². The largest absolute Gasteiger partial charge is 0.496 e. The summed E-state index contributed by atoms with van der Waals surface area (Å²) in [6, 6.07) is 14.4. The number of alkyl halides is 1. The van der Waals surface area contributed by atoms with Gasteiger partial charge in [-0.25, -0.2) is 0 Å². The monoisotopic (exact) mass is 390 g/mol. The first kappa shape index (κ1) is 20.6. The Balaban J connectivity index is 2.36. The minimum atomic E-state index is -0.414. The molecule has 2 atom stereocenters. The molecule has 0 aliphatic heterocycles. The molecule has 0 N–H and O–H groups in total. The molecular weight excluding hydrogens is 367 g/mol. The maximum Gasteiger partial charge on any atom is 0.197 e. The first-order valence-electron chi connectivity index (χ1n) is 8.87. The van der Waals surface area contributed by atoms with Gasteiger partial charge in [0.25, 0.3) is 0 Å². The molecule has 138 valence electrons. The van der Waals surface area contributed by atoms with Gasteiger partial charge < -0.3 is 4.74 Å². The molecule has 0 aliphatic rings. The van der Waals surface area contributed by atoms with Gasteiger partial charge in [0.15, 0.2) is 14.2 Å². The summed E-state index contributed by atoms with van der Waals surface area (Å²) >= 11 is 6.56. The second kappa shape index (κ2) is 10.4. The van der Waals surface area contributed by atoms with Crippen molar-refractivity contribution in [2.45, 2.75) is 43.6 Å². The van der Waals surface area contributed by atoms with Crippen molar-refractivity contribution in [1.82, 2.24) is 0 Å². The average molecular weight is 391 g/mol. The highest BCUT2D eigenvalue weighted by Crippen LogP contribution is 2.39.